The molecule has 1 N–H and O–H groups in total. The maximum atomic E-state index is 10.7. The van der Waals surface area contributed by atoms with Crippen molar-refractivity contribution in [1.29, 1.82) is 0 Å². The van der Waals surface area contributed by atoms with Gasteiger partial charge in [-0.2, -0.15) is 0 Å². The number of carboxylic acid groups (broad SMARTS) is 1. The Hall–Kier alpha value is -1.03. The normalized spacial score (nSPS) is 23.1. The second-order valence-corrected chi connectivity index (χ2v) is 6.08. The minimum absolute atomic E-state index is 0.220. The fourth-order valence-electron chi connectivity index (χ4n) is 2.60. The topological polar surface area (TPSA) is 46.5 Å². The average Bonchev–Trinajstić information content (AvgIpc) is 2.37. The Kier molecular flexibility index (Phi) is 4.86. The predicted octanol–water partition coefficient (Wildman–Crippen LogP) is 4.17. The molecule has 1 aliphatic carbocycles. The molecule has 1 aromatic carbocycles. The number of aliphatic carboxylic acids is 1. The number of rotatable bonds is 4. The highest BCUT2D eigenvalue weighted by Crippen LogP contribution is 2.32. The lowest BCUT2D eigenvalue weighted by molar-refractivity contribution is -0.138. The quantitative estimate of drug-likeness (QED) is 0.903. The van der Waals surface area contributed by atoms with Crippen molar-refractivity contribution in [3.05, 3.63) is 28.2 Å². The molecule has 0 bridgehead atoms. The van der Waals surface area contributed by atoms with Gasteiger partial charge >= 0.3 is 5.97 Å². The predicted molar refractivity (Wildman–Crippen MR) is 77.5 cm³/mol. The van der Waals surface area contributed by atoms with Crippen LogP contribution in [0.3, 0.4) is 0 Å². The molecule has 3 nitrogen and oxygen atoms in total. The largest absolute Gasteiger partial charge is 0.490 e. The van der Waals surface area contributed by atoms with E-state index in [1.807, 2.05) is 25.1 Å². The fourth-order valence-corrected chi connectivity index (χ4v) is 2.94. The van der Waals surface area contributed by atoms with E-state index in [0.717, 1.165) is 41.5 Å². The van der Waals surface area contributed by atoms with E-state index in [0.29, 0.717) is 12.3 Å². The smallest absolute Gasteiger partial charge is 0.303 e. The van der Waals surface area contributed by atoms with Crippen molar-refractivity contribution < 1.29 is 14.6 Å². The van der Waals surface area contributed by atoms with Gasteiger partial charge in [0, 0.05) is 16.5 Å². The first-order valence-electron chi connectivity index (χ1n) is 6.70. The molecule has 1 fully saturated rings. The first-order chi connectivity index (χ1) is 9.06. The fraction of sp³-hybridized carbons (Fsp3) is 0.533. The molecule has 4 heteroatoms. The van der Waals surface area contributed by atoms with Gasteiger partial charge in [0.1, 0.15) is 5.75 Å². The van der Waals surface area contributed by atoms with Crippen LogP contribution < -0.4 is 4.74 Å². The molecule has 19 heavy (non-hydrogen) atoms. The van der Waals surface area contributed by atoms with Crippen LogP contribution in [0, 0.1) is 12.8 Å². The molecule has 1 saturated carbocycles. The summed E-state index contributed by atoms with van der Waals surface area (Å²) in [6, 6.07) is 5.97. The summed E-state index contributed by atoms with van der Waals surface area (Å²) in [7, 11) is 0. The molecule has 2 rings (SSSR count). The van der Waals surface area contributed by atoms with Gasteiger partial charge in [0.05, 0.1) is 6.10 Å². The molecule has 0 heterocycles. The van der Waals surface area contributed by atoms with Crippen LogP contribution in [0.1, 0.15) is 37.7 Å². The van der Waals surface area contributed by atoms with E-state index in [1.165, 1.54) is 0 Å². The Morgan fingerprint density at radius 1 is 1.37 bits per heavy atom. The molecule has 0 aliphatic heterocycles. The Labute approximate surface area is 122 Å². The van der Waals surface area contributed by atoms with Crippen molar-refractivity contribution in [3.8, 4) is 5.75 Å². The summed E-state index contributed by atoms with van der Waals surface area (Å²) in [6.45, 7) is 2.04. The molecule has 0 saturated heterocycles. The van der Waals surface area contributed by atoms with E-state index in [1.54, 1.807) is 0 Å². The maximum absolute atomic E-state index is 10.7. The molecular formula is C15H19BrO3. The molecular weight excluding hydrogens is 308 g/mol. The van der Waals surface area contributed by atoms with Gasteiger partial charge in [0.25, 0.3) is 0 Å². The number of halogens is 1. The minimum atomic E-state index is -0.688. The summed E-state index contributed by atoms with van der Waals surface area (Å²) in [4.78, 5) is 10.7. The summed E-state index contributed by atoms with van der Waals surface area (Å²) in [5.41, 5.74) is 1.12. The minimum Gasteiger partial charge on any atom is -0.490 e. The number of benzene rings is 1. The zero-order valence-corrected chi connectivity index (χ0v) is 12.6. The number of carboxylic acids is 1. The van der Waals surface area contributed by atoms with Crippen LogP contribution in [0.5, 0.6) is 5.75 Å². The molecule has 1 aromatic rings. The third-order valence-electron chi connectivity index (χ3n) is 3.77. The number of hydrogen-bond donors (Lipinski definition) is 1. The monoisotopic (exact) mass is 326 g/mol. The van der Waals surface area contributed by atoms with Gasteiger partial charge in [-0.25, -0.2) is 0 Å². The maximum Gasteiger partial charge on any atom is 0.303 e. The number of carbonyl (C=O) groups is 1. The van der Waals surface area contributed by atoms with Crippen LogP contribution in [-0.4, -0.2) is 17.2 Å². The molecule has 0 aromatic heterocycles. The zero-order valence-electron chi connectivity index (χ0n) is 11.1. The van der Waals surface area contributed by atoms with Crippen LogP contribution >= 0.6 is 15.9 Å². The first kappa shape index (κ1) is 14.4. The van der Waals surface area contributed by atoms with Crippen LogP contribution in [0.25, 0.3) is 0 Å². The summed E-state index contributed by atoms with van der Waals surface area (Å²) in [6.07, 6.45) is 4.31. The van der Waals surface area contributed by atoms with Gasteiger partial charge in [0.2, 0.25) is 0 Å². The second-order valence-electron chi connectivity index (χ2n) is 5.22. The highest BCUT2D eigenvalue weighted by Gasteiger charge is 2.24. The standard InChI is InChI=1S/C15H19BrO3/c1-10-13(16)3-2-4-14(10)19-12-7-5-11(6-8-12)9-15(17)18/h2-4,11-12H,5-9H2,1H3,(H,17,18). The molecule has 1 aliphatic rings. The van der Waals surface area contributed by atoms with Crippen LogP contribution in [0.15, 0.2) is 22.7 Å². The first-order valence-corrected chi connectivity index (χ1v) is 7.49. The van der Waals surface area contributed by atoms with E-state index in [2.05, 4.69) is 15.9 Å². The molecule has 0 atom stereocenters. The van der Waals surface area contributed by atoms with Crippen molar-refractivity contribution in [2.75, 3.05) is 0 Å². The van der Waals surface area contributed by atoms with Crippen molar-refractivity contribution in [3.63, 3.8) is 0 Å². The Balaban J connectivity index is 1.89. The molecule has 0 amide bonds. The number of ether oxygens (including phenoxy) is 1. The molecule has 0 unspecified atom stereocenters. The van der Waals surface area contributed by atoms with Gasteiger partial charge in [-0.1, -0.05) is 22.0 Å². The SMILES string of the molecule is Cc1c(Br)cccc1OC1CCC(CC(=O)O)CC1. The van der Waals surface area contributed by atoms with Gasteiger partial charge in [0.15, 0.2) is 0 Å². The van der Waals surface area contributed by atoms with Crippen molar-refractivity contribution in [2.24, 2.45) is 5.92 Å². The average molecular weight is 327 g/mol. The second kappa shape index (κ2) is 6.42. The van der Waals surface area contributed by atoms with Crippen LogP contribution in [0.4, 0.5) is 0 Å². The summed E-state index contributed by atoms with van der Waals surface area (Å²) >= 11 is 3.50. The Bertz CT molecular complexity index is 451. The molecule has 104 valence electrons. The van der Waals surface area contributed by atoms with E-state index in [9.17, 15) is 4.79 Å². The summed E-state index contributed by atoms with van der Waals surface area (Å²) in [5.74, 6) is 0.559. The summed E-state index contributed by atoms with van der Waals surface area (Å²) < 4.78 is 7.10. The molecule has 0 radical (unpaired) electrons. The Morgan fingerprint density at radius 3 is 2.68 bits per heavy atom. The van der Waals surface area contributed by atoms with Crippen LogP contribution in [-0.2, 0) is 4.79 Å². The van der Waals surface area contributed by atoms with Gasteiger partial charge < -0.3 is 9.84 Å². The third kappa shape index (κ3) is 3.96. The van der Waals surface area contributed by atoms with Crippen molar-refractivity contribution >= 4 is 21.9 Å². The lowest BCUT2D eigenvalue weighted by Gasteiger charge is -2.28. The van der Waals surface area contributed by atoms with Gasteiger partial charge in [-0.05, 0) is 50.7 Å². The van der Waals surface area contributed by atoms with E-state index >= 15 is 0 Å². The van der Waals surface area contributed by atoms with E-state index < -0.39 is 5.97 Å². The number of hydrogen-bond acceptors (Lipinski definition) is 2. The van der Waals surface area contributed by atoms with Gasteiger partial charge in [-0.3, -0.25) is 4.79 Å². The van der Waals surface area contributed by atoms with Crippen molar-refractivity contribution in [1.82, 2.24) is 0 Å². The lowest BCUT2D eigenvalue weighted by atomic mass is 9.85. The zero-order chi connectivity index (χ0) is 13.8. The summed E-state index contributed by atoms with van der Waals surface area (Å²) in [5, 5.41) is 8.80. The van der Waals surface area contributed by atoms with Crippen LogP contribution in [0.2, 0.25) is 0 Å². The highest BCUT2D eigenvalue weighted by atomic mass is 79.9. The van der Waals surface area contributed by atoms with E-state index in [4.69, 9.17) is 9.84 Å². The van der Waals surface area contributed by atoms with E-state index in [-0.39, 0.29) is 6.10 Å². The molecule has 0 spiro atoms. The Morgan fingerprint density at radius 2 is 2.05 bits per heavy atom. The van der Waals surface area contributed by atoms with Crippen molar-refractivity contribution in [2.45, 2.75) is 45.1 Å². The third-order valence-corrected chi connectivity index (χ3v) is 4.63. The highest BCUT2D eigenvalue weighted by molar-refractivity contribution is 9.10. The lowest BCUT2D eigenvalue weighted by Crippen LogP contribution is -2.25. The van der Waals surface area contributed by atoms with Gasteiger partial charge in [-0.15, -0.1) is 0 Å².